The molecule has 1 fully saturated rings. The summed E-state index contributed by atoms with van der Waals surface area (Å²) < 4.78 is 12.8. The molecule has 18 heavy (non-hydrogen) atoms. The summed E-state index contributed by atoms with van der Waals surface area (Å²) in [6, 6.07) is 5.82. The van der Waals surface area contributed by atoms with Gasteiger partial charge in [0.15, 0.2) is 0 Å². The minimum absolute atomic E-state index is 0.0281. The van der Waals surface area contributed by atoms with E-state index < -0.39 is 0 Å². The zero-order valence-corrected chi connectivity index (χ0v) is 11.0. The van der Waals surface area contributed by atoms with Crippen molar-refractivity contribution in [3.05, 3.63) is 35.6 Å². The second-order valence-corrected chi connectivity index (χ2v) is 5.40. The molecule has 0 spiro atoms. The van der Waals surface area contributed by atoms with E-state index in [1.54, 1.807) is 12.1 Å². The van der Waals surface area contributed by atoms with E-state index in [1.807, 2.05) is 4.90 Å². The van der Waals surface area contributed by atoms with Crippen molar-refractivity contribution < 1.29 is 9.18 Å². The maximum atomic E-state index is 12.8. The maximum absolute atomic E-state index is 12.8. The molecule has 0 aliphatic carbocycles. The lowest BCUT2D eigenvalue weighted by atomic mass is 9.87. The molecule has 1 amide bonds. The van der Waals surface area contributed by atoms with Gasteiger partial charge < -0.3 is 4.90 Å². The van der Waals surface area contributed by atoms with Gasteiger partial charge in [-0.1, -0.05) is 13.8 Å². The summed E-state index contributed by atoms with van der Waals surface area (Å²) in [7, 11) is 0. The van der Waals surface area contributed by atoms with Crippen LogP contribution in [0.5, 0.6) is 0 Å². The number of hydrogen-bond donors (Lipinski definition) is 0. The van der Waals surface area contributed by atoms with Gasteiger partial charge in [0.05, 0.1) is 0 Å². The number of halogens is 1. The zero-order valence-electron chi connectivity index (χ0n) is 11.0. The van der Waals surface area contributed by atoms with Gasteiger partial charge in [-0.25, -0.2) is 4.39 Å². The predicted octanol–water partition coefficient (Wildman–Crippen LogP) is 3.33. The van der Waals surface area contributed by atoms with E-state index in [-0.39, 0.29) is 11.7 Å². The Bertz CT molecular complexity index is 413. The molecule has 0 radical (unpaired) electrons. The molecule has 0 N–H and O–H groups in total. The Kier molecular flexibility index (Phi) is 4.00. The molecule has 1 unspecified atom stereocenters. The highest BCUT2D eigenvalue weighted by Crippen LogP contribution is 2.24. The highest BCUT2D eigenvalue weighted by Gasteiger charge is 2.26. The molecule has 98 valence electrons. The Morgan fingerprint density at radius 2 is 2.00 bits per heavy atom. The highest BCUT2D eigenvalue weighted by atomic mass is 19.1. The molecule has 2 rings (SSSR count). The summed E-state index contributed by atoms with van der Waals surface area (Å²) in [5.41, 5.74) is 0.584. The van der Waals surface area contributed by atoms with Crippen molar-refractivity contribution in [2.75, 3.05) is 13.1 Å². The third kappa shape index (κ3) is 2.89. The monoisotopic (exact) mass is 249 g/mol. The van der Waals surface area contributed by atoms with Crippen molar-refractivity contribution in [2.24, 2.45) is 11.8 Å². The predicted molar refractivity (Wildman–Crippen MR) is 69.9 cm³/mol. The molecular weight excluding hydrogens is 229 g/mol. The Morgan fingerprint density at radius 1 is 1.33 bits per heavy atom. The standard InChI is InChI=1S/C15H20FNO/c1-11(2)13-4-3-9-17(10-13)15(18)12-5-7-14(16)8-6-12/h5-8,11,13H,3-4,9-10H2,1-2H3. The largest absolute Gasteiger partial charge is 0.338 e. The first-order chi connectivity index (χ1) is 8.58. The van der Waals surface area contributed by atoms with Gasteiger partial charge in [0.25, 0.3) is 5.91 Å². The second-order valence-electron chi connectivity index (χ2n) is 5.40. The zero-order chi connectivity index (χ0) is 13.1. The Morgan fingerprint density at radius 3 is 2.61 bits per heavy atom. The summed E-state index contributed by atoms with van der Waals surface area (Å²) in [5, 5.41) is 0. The molecular formula is C15H20FNO. The van der Waals surface area contributed by atoms with Crippen molar-refractivity contribution in [3.8, 4) is 0 Å². The lowest BCUT2D eigenvalue weighted by Crippen LogP contribution is -2.41. The quantitative estimate of drug-likeness (QED) is 0.787. The van der Waals surface area contributed by atoms with E-state index in [0.717, 1.165) is 19.5 Å². The van der Waals surface area contributed by atoms with Crippen molar-refractivity contribution in [1.82, 2.24) is 4.90 Å². The van der Waals surface area contributed by atoms with Crippen molar-refractivity contribution in [2.45, 2.75) is 26.7 Å². The van der Waals surface area contributed by atoms with Crippen LogP contribution in [-0.2, 0) is 0 Å². The van der Waals surface area contributed by atoms with Gasteiger partial charge in [-0.2, -0.15) is 0 Å². The van der Waals surface area contributed by atoms with E-state index in [9.17, 15) is 9.18 Å². The summed E-state index contributed by atoms with van der Waals surface area (Å²) in [5.74, 6) is 0.919. The van der Waals surface area contributed by atoms with Crippen LogP contribution in [0.4, 0.5) is 4.39 Å². The first kappa shape index (κ1) is 13.1. The molecule has 0 aromatic heterocycles. The first-order valence-electron chi connectivity index (χ1n) is 6.63. The van der Waals surface area contributed by atoms with Gasteiger partial charge in [-0.05, 0) is 48.9 Å². The summed E-state index contributed by atoms with van der Waals surface area (Å²) >= 11 is 0. The Labute approximate surface area is 108 Å². The second kappa shape index (κ2) is 5.51. The number of rotatable bonds is 2. The van der Waals surface area contributed by atoms with Crippen LogP contribution < -0.4 is 0 Å². The van der Waals surface area contributed by atoms with Gasteiger partial charge >= 0.3 is 0 Å². The first-order valence-corrected chi connectivity index (χ1v) is 6.63. The molecule has 1 aromatic carbocycles. The Balaban J connectivity index is 2.06. The van der Waals surface area contributed by atoms with Gasteiger partial charge in [0, 0.05) is 18.7 Å². The smallest absolute Gasteiger partial charge is 0.253 e. The van der Waals surface area contributed by atoms with E-state index in [0.29, 0.717) is 17.4 Å². The third-order valence-corrected chi connectivity index (χ3v) is 3.78. The van der Waals surface area contributed by atoms with Gasteiger partial charge in [0.2, 0.25) is 0 Å². The minimum Gasteiger partial charge on any atom is -0.338 e. The molecule has 1 atom stereocenters. The molecule has 0 saturated carbocycles. The number of benzene rings is 1. The number of carbonyl (C=O) groups is 1. The fraction of sp³-hybridized carbons (Fsp3) is 0.533. The Hall–Kier alpha value is -1.38. The summed E-state index contributed by atoms with van der Waals surface area (Å²) in [6.07, 6.45) is 2.26. The lowest BCUT2D eigenvalue weighted by molar-refractivity contribution is 0.0641. The van der Waals surface area contributed by atoms with E-state index >= 15 is 0 Å². The number of likely N-dealkylation sites (tertiary alicyclic amines) is 1. The topological polar surface area (TPSA) is 20.3 Å². The van der Waals surface area contributed by atoms with Crippen molar-refractivity contribution in [3.63, 3.8) is 0 Å². The number of nitrogens with zero attached hydrogens (tertiary/aromatic N) is 1. The maximum Gasteiger partial charge on any atom is 0.253 e. The van der Waals surface area contributed by atoms with E-state index in [1.165, 1.54) is 18.6 Å². The van der Waals surface area contributed by atoms with Crippen LogP contribution in [0.1, 0.15) is 37.0 Å². The van der Waals surface area contributed by atoms with Crippen molar-refractivity contribution in [1.29, 1.82) is 0 Å². The normalized spacial score (nSPS) is 20.2. The van der Waals surface area contributed by atoms with Crippen LogP contribution >= 0.6 is 0 Å². The van der Waals surface area contributed by atoms with Crippen LogP contribution in [0.15, 0.2) is 24.3 Å². The van der Waals surface area contributed by atoms with Gasteiger partial charge in [-0.3, -0.25) is 4.79 Å². The third-order valence-electron chi connectivity index (χ3n) is 3.78. The van der Waals surface area contributed by atoms with Crippen LogP contribution in [0.3, 0.4) is 0 Å². The van der Waals surface area contributed by atoms with Gasteiger partial charge in [-0.15, -0.1) is 0 Å². The SMILES string of the molecule is CC(C)C1CCCN(C(=O)c2ccc(F)cc2)C1. The molecule has 2 nitrogen and oxygen atoms in total. The van der Waals surface area contributed by atoms with Crippen LogP contribution in [0, 0.1) is 17.7 Å². The minimum atomic E-state index is -0.301. The number of carbonyl (C=O) groups excluding carboxylic acids is 1. The fourth-order valence-corrected chi connectivity index (χ4v) is 2.51. The highest BCUT2D eigenvalue weighted by molar-refractivity contribution is 5.94. The molecule has 1 aliphatic heterocycles. The van der Waals surface area contributed by atoms with Gasteiger partial charge in [0.1, 0.15) is 5.82 Å². The molecule has 1 heterocycles. The summed E-state index contributed by atoms with van der Waals surface area (Å²) in [4.78, 5) is 14.2. The lowest BCUT2D eigenvalue weighted by Gasteiger charge is -2.34. The average Bonchev–Trinajstić information content (AvgIpc) is 2.39. The fourth-order valence-electron chi connectivity index (χ4n) is 2.51. The molecule has 1 aliphatic rings. The summed E-state index contributed by atoms with van der Waals surface area (Å²) in [6.45, 7) is 6.06. The molecule has 1 saturated heterocycles. The van der Waals surface area contributed by atoms with Crippen LogP contribution in [0.25, 0.3) is 0 Å². The van der Waals surface area contributed by atoms with Crippen LogP contribution in [-0.4, -0.2) is 23.9 Å². The number of hydrogen-bond acceptors (Lipinski definition) is 1. The number of amides is 1. The molecule has 3 heteroatoms. The molecule has 1 aromatic rings. The average molecular weight is 249 g/mol. The number of piperidine rings is 1. The van der Waals surface area contributed by atoms with Crippen molar-refractivity contribution >= 4 is 5.91 Å². The van der Waals surface area contributed by atoms with Crippen LogP contribution in [0.2, 0.25) is 0 Å². The van der Waals surface area contributed by atoms with E-state index in [4.69, 9.17) is 0 Å². The molecule has 0 bridgehead atoms. The van der Waals surface area contributed by atoms with E-state index in [2.05, 4.69) is 13.8 Å².